The van der Waals surface area contributed by atoms with Crippen molar-refractivity contribution in [3.05, 3.63) is 60.4 Å². The molecule has 3 heteroatoms. The molecular weight excluding hydrogens is 262 g/mol. The van der Waals surface area contributed by atoms with Crippen LogP contribution in [0.4, 0.5) is 0 Å². The van der Waals surface area contributed by atoms with Crippen LogP contribution >= 0.6 is 0 Å². The van der Waals surface area contributed by atoms with Crippen LogP contribution in [0.3, 0.4) is 0 Å². The second kappa shape index (κ2) is 5.26. The molecule has 1 aliphatic carbocycles. The molecule has 0 saturated heterocycles. The summed E-state index contributed by atoms with van der Waals surface area (Å²) in [7, 11) is 0. The highest BCUT2D eigenvalue weighted by atomic mass is 16.5. The van der Waals surface area contributed by atoms with Gasteiger partial charge in [0, 0.05) is 23.5 Å². The van der Waals surface area contributed by atoms with Gasteiger partial charge < -0.3 is 14.5 Å². The lowest BCUT2D eigenvalue weighted by Gasteiger charge is -2.06. The van der Waals surface area contributed by atoms with Gasteiger partial charge in [-0.3, -0.25) is 0 Å². The zero-order chi connectivity index (χ0) is 14.1. The Labute approximate surface area is 123 Å². The Morgan fingerprint density at radius 3 is 2.71 bits per heavy atom. The Morgan fingerprint density at radius 1 is 1.05 bits per heavy atom. The van der Waals surface area contributed by atoms with Crippen molar-refractivity contribution in [3.8, 4) is 11.5 Å². The van der Waals surface area contributed by atoms with E-state index in [0.29, 0.717) is 6.04 Å². The number of ether oxygens (including phenoxy) is 1. The van der Waals surface area contributed by atoms with Crippen LogP contribution in [0, 0.1) is 0 Å². The zero-order valence-electron chi connectivity index (χ0n) is 11.7. The van der Waals surface area contributed by atoms with Crippen molar-refractivity contribution >= 4 is 11.0 Å². The lowest BCUT2D eigenvalue weighted by atomic mass is 10.1. The molecule has 1 N–H and O–H groups in total. The number of rotatable bonds is 5. The van der Waals surface area contributed by atoms with E-state index in [1.54, 1.807) is 0 Å². The van der Waals surface area contributed by atoms with Gasteiger partial charge in [-0.1, -0.05) is 18.2 Å². The molecule has 1 heterocycles. The summed E-state index contributed by atoms with van der Waals surface area (Å²) in [4.78, 5) is 0. The lowest BCUT2D eigenvalue weighted by Crippen LogP contribution is -2.14. The van der Waals surface area contributed by atoms with Crippen LogP contribution in [0.5, 0.6) is 11.5 Å². The number of fused-ring (bicyclic) bond motifs is 1. The summed E-state index contributed by atoms with van der Waals surface area (Å²) in [6.45, 7) is 0.854. The van der Waals surface area contributed by atoms with Gasteiger partial charge in [0.15, 0.2) is 0 Å². The largest absolute Gasteiger partial charge is 0.464 e. The van der Waals surface area contributed by atoms with E-state index in [4.69, 9.17) is 9.15 Å². The minimum Gasteiger partial charge on any atom is -0.464 e. The Balaban J connectivity index is 1.59. The Kier molecular flexibility index (Phi) is 3.13. The molecule has 0 unspecified atom stereocenters. The summed E-state index contributed by atoms with van der Waals surface area (Å²) >= 11 is 0. The van der Waals surface area contributed by atoms with Crippen molar-refractivity contribution in [2.75, 3.05) is 0 Å². The number of nitrogens with one attached hydrogen (secondary N) is 1. The summed E-state index contributed by atoms with van der Waals surface area (Å²) in [6.07, 6.45) is 4.42. The first kappa shape index (κ1) is 12.5. The lowest BCUT2D eigenvalue weighted by molar-refractivity contribution is 0.483. The number of hydrogen-bond acceptors (Lipinski definition) is 3. The second-order valence-corrected chi connectivity index (χ2v) is 5.49. The average molecular weight is 279 g/mol. The van der Waals surface area contributed by atoms with Crippen LogP contribution in [0.2, 0.25) is 0 Å². The Morgan fingerprint density at radius 2 is 1.90 bits per heavy atom. The maximum Gasteiger partial charge on any atom is 0.134 e. The highest BCUT2D eigenvalue weighted by molar-refractivity contribution is 5.82. The van der Waals surface area contributed by atoms with Crippen LogP contribution in [-0.2, 0) is 6.54 Å². The van der Waals surface area contributed by atoms with E-state index < -0.39 is 0 Å². The van der Waals surface area contributed by atoms with E-state index in [-0.39, 0.29) is 0 Å². The maximum absolute atomic E-state index is 5.89. The summed E-state index contributed by atoms with van der Waals surface area (Å²) in [5.74, 6) is 1.68. The molecule has 2 aromatic carbocycles. The molecular formula is C18H17NO2. The van der Waals surface area contributed by atoms with Crippen molar-refractivity contribution in [2.24, 2.45) is 0 Å². The Hall–Kier alpha value is -2.26. The molecule has 0 bridgehead atoms. The van der Waals surface area contributed by atoms with Gasteiger partial charge in [0.1, 0.15) is 17.1 Å². The van der Waals surface area contributed by atoms with E-state index in [9.17, 15) is 0 Å². The van der Waals surface area contributed by atoms with Crippen LogP contribution < -0.4 is 10.1 Å². The smallest absolute Gasteiger partial charge is 0.134 e. The first-order chi connectivity index (χ1) is 10.4. The van der Waals surface area contributed by atoms with E-state index in [1.165, 1.54) is 18.4 Å². The molecule has 21 heavy (non-hydrogen) atoms. The number of benzene rings is 2. The highest BCUT2D eigenvalue weighted by Gasteiger charge is 2.20. The maximum atomic E-state index is 5.89. The van der Waals surface area contributed by atoms with Crippen molar-refractivity contribution in [1.82, 2.24) is 5.32 Å². The molecule has 0 amide bonds. The molecule has 1 aromatic heterocycles. The normalized spacial score (nSPS) is 14.5. The van der Waals surface area contributed by atoms with E-state index in [2.05, 4.69) is 11.4 Å². The third-order valence-electron chi connectivity index (χ3n) is 3.76. The van der Waals surface area contributed by atoms with Gasteiger partial charge in [-0.05, 0) is 43.2 Å². The standard InChI is InChI=1S/C18H17NO2/c1-2-4-15(5-3-1)21-16-8-9-18-17(10-16)13(12-20-18)11-19-14-6-7-14/h1-5,8-10,12,14,19H,6-7,11H2. The van der Waals surface area contributed by atoms with E-state index in [1.807, 2.05) is 48.7 Å². The van der Waals surface area contributed by atoms with Gasteiger partial charge >= 0.3 is 0 Å². The fourth-order valence-electron chi connectivity index (χ4n) is 2.43. The van der Waals surface area contributed by atoms with Gasteiger partial charge in [0.2, 0.25) is 0 Å². The fraction of sp³-hybridized carbons (Fsp3) is 0.222. The van der Waals surface area contributed by atoms with Gasteiger partial charge in [-0.15, -0.1) is 0 Å². The Bertz CT molecular complexity index is 744. The molecule has 4 rings (SSSR count). The summed E-state index contributed by atoms with van der Waals surface area (Å²) in [5.41, 5.74) is 2.10. The summed E-state index contributed by atoms with van der Waals surface area (Å²) < 4.78 is 11.5. The molecule has 3 aromatic rings. The minimum absolute atomic E-state index is 0.693. The molecule has 1 saturated carbocycles. The molecule has 0 aliphatic heterocycles. The van der Waals surface area contributed by atoms with E-state index in [0.717, 1.165) is 29.0 Å². The van der Waals surface area contributed by atoms with Gasteiger partial charge in [-0.2, -0.15) is 0 Å². The molecule has 1 aliphatic rings. The third-order valence-corrected chi connectivity index (χ3v) is 3.76. The molecule has 0 radical (unpaired) electrons. The fourth-order valence-corrected chi connectivity index (χ4v) is 2.43. The number of hydrogen-bond donors (Lipinski definition) is 1. The van der Waals surface area contributed by atoms with Gasteiger partial charge in [0.25, 0.3) is 0 Å². The SMILES string of the molecule is c1ccc(Oc2ccc3occ(CNC4CC4)c3c2)cc1. The average Bonchev–Trinajstić information content (AvgIpc) is 3.26. The molecule has 0 atom stereocenters. The van der Waals surface area contributed by atoms with Crippen LogP contribution in [-0.4, -0.2) is 6.04 Å². The molecule has 0 spiro atoms. The van der Waals surface area contributed by atoms with Gasteiger partial charge in [-0.25, -0.2) is 0 Å². The highest BCUT2D eigenvalue weighted by Crippen LogP contribution is 2.29. The van der Waals surface area contributed by atoms with Crippen LogP contribution in [0.25, 0.3) is 11.0 Å². The topological polar surface area (TPSA) is 34.4 Å². The predicted octanol–water partition coefficient (Wildman–Crippen LogP) is 4.48. The van der Waals surface area contributed by atoms with Crippen LogP contribution in [0.1, 0.15) is 18.4 Å². The monoisotopic (exact) mass is 279 g/mol. The van der Waals surface area contributed by atoms with E-state index >= 15 is 0 Å². The van der Waals surface area contributed by atoms with Crippen LogP contribution in [0.15, 0.2) is 59.2 Å². The third kappa shape index (κ3) is 2.78. The molecule has 106 valence electrons. The molecule has 3 nitrogen and oxygen atoms in total. The first-order valence-corrected chi connectivity index (χ1v) is 7.35. The quantitative estimate of drug-likeness (QED) is 0.748. The van der Waals surface area contributed by atoms with Gasteiger partial charge in [0.05, 0.1) is 6.26 Å². The van der Waals surface area contributed by atoms with Crippen molar-refractivity contribution in [3.63, 3.8) is 0 Å². The summed E-state index contributed by atoms with van der Waals surface area (Å²) in [5, 5.41) is 4.64. The number of furan rings is 1. The van der Waals surface area contributed by atoms with Crippen molar-refractivity contribution < 1.29 is 9.15 Å². The zero-order valence-corrected chi connectivity index (χ0v) is 11.7. The van der Waals surface area contributed by atoms with Crippen molar-refractivity contribution in [1.29, 1.82) is 0 Å². The number of para-hydroxylation sites is 1. The summed E-state index contributed by atoms with van der Waals surface area (Å²) in [6, 6.07) is 16.5. The molecule has 1 fully saturated rings. The first-order valence-electron chi connectivity index (χ1n) is 7.35. The predicted molar refractivity (Wildman–Crippen MR) is 82.6 cm³/mol. The second-order valence-electron chi connectivity index (χ2n) is 5.49. The van der Waals surface area contributed by atoms with Crippen molar-refractivity contribution in [2.45, 2.75) is 25.4 Å². The minimum atomic E-state index is 0.693.